The van der Waals surface area contributed by atoms with E-state index in [4.69, 9.17) is 13.9 Å². The summed E-state index contributed by atoms with van der Waals surface area (Å²) in [6.45, 7) is 0.169. The van der Waals surface area contributed by atoms with E-state index < -0.39 is 11.4 Å². The van der Waals surface area contributed by atoms with E-state index in [0.717, 1.165) is 5.56 Å². The van der Waals surface area contributed by atoms with Gasteiger partial charge in [0.1, 0.15) is 5.58 Å². The molecule has 1 aromatic heterocycles. The quantitative estimate of drug-likeness (QED) is 0.418. The number of nitrogens with zero attached hydrogens (tertiary/aromatic N) is 2. The van der Waals surface area contributed by atoms with Gasteiger partial charge in [-0.05, 0) is 42.3 Å². The highest BCUT2D eigenvalue weighted by atomic mass is 16.5. The monoisotopic (exact) mass is 496 g/mol. The first kappa shape index (κ1) is 22.8. The Morgan fingerprint density at radius 3 is 2.41 bits per heavy atom. The van der Waals surface area contributed by atoms with Crippen LogP contribution in [0, 0.1) is 0 Å². The summed E-state index contributed by atoms with van der Waals surface area (Å²) in [7, 11) is 4.78. The summed E-state index contributed by atoms with van der Waals surface area (Å²) in [6, 6.07) is 19.6. The van der Waals surface area contributed by atoms with Crippen molar-refractivity contribution in [3.63, 3.8) is 0 Å². The van der Waals surface area contributed by atoms with Crippen LogP contribution in [0.2, 0.25) is 0 Å². The van der Waals surface area contributed by atoms with Crippen LogP contribution in [0.15, 0.2) is 75.9 Å². The summed E-state index contributed by atoms with van der Waals surface area (Å²) in [5.74, 6) is 0.216. The Morgan fingerprint density at radius 1 is 0.892 bits per heavy atom. The molecule has 8 heteroatoms. The molecule has 186 valence electrons. The maximum absolute atomic E-state index is 14.1. The maximum Gasteiger partial charge on any atom is 0.291 e. The fourth-order valence-corrected chi connectivity index (χ4v) is 5.62. The lowest BCUT2D eigenvalue weighted by Crippen LogP contribution is -2.53. The molecule has 0 unspecified atom stereocenters. The van der Waals surface area contributed by atoms with Crippen LogP contribution in [0.3, 0.4) is 0 Å². The molecule has 0 bridgehead atoms. The number of amides is 2. The summed E-state index contributed by atoms with van der Waals surface area (Å²) < 4.78 is 16.8. The van der Waals surface area contributed by atoms with Crippen LogP contribution in [0.25, 0.3) is 11.0 Å². The number of anilines is 1. The molecule has 0 saturated carbocycles. The normalized spacial score (nSPS) is 18.0. The van der Waals surface area contributed by atoms with Gasteiger partial charge in [0.25, 0.3) is 11.8 Å². The van der Waals surface area contributed by atoms with Crippen molar-refractivity contribution in [3.8, 4) is 11.5 Å². The molecule has 8 nitrogen and oxygen atoms in total. The summed E-state index contributed by atoms with van der Waals surface area (Å²) in [6.07, 6.45) is 0.411. The molecule has 37 heavy (non-hydrogen) atoms. The van der Waals surface area contributed by atoms with Gasteiger partial charge in [-0.25, -0.2) is 0 Å². The van der Waals surface area contributed by atoms with E-state index in [2.05, 4.69) is 0 Å². The van der Waals surface area contributed by atoms with Gasteiger partial charge in [0.15, 0.2) is 22.5 Å². The van der Waals surface area contributed by atoms with E-state index in [0.29, 0.717) is 40.1 Å². The van der Waals surface area contributed by atoms with Crippen LogP contribution >= 0.6 is 0 Å². The first-order valence-electron chi connectivity index (χ1n) is 11.9. The number of carbonyl (C=O) groups excluding carboxylic acids is 2. The van der Waals surface area contributed by atoms with E-state index >= 15 is 0 Å². The molecule has 0 radical (unpaired) electrons. The Hall–Kier alpha value is -4.59. The summed E-state index contributed by atoms with van der Waals surface area (Å²) in [5.41, 5.74) is 0.513. The number of fused-ring (bicyclic) bond motifs is 5. The first-order valence-corrected chi connectivity index (χ1v) is 11.9. The number of hydrogen-bond donors (Lipinski definition) is 0. The molecule has 3 heterocycles. The van der Waals surface area contributed by atoms with Crippen molar-refractivity contribution in [1.29, 1.82) is 0 Å². The van der Waals surface area contributed by atoms with Crippen molar-refractivity contribution in [2.75, 3.05) is 32.7 Å². The zero-order chi connectivity index (χ0) is 25.9. The number of methoxy groups -OCH3 is 2. The third-order valence-corrected chi connectivity index (χ3v) is 7.35. The Kier molecular flexibility index (Phi) is 5.08. The topological polar surface area (TPSA) is 89.3 Å². The van der Waals surface area contributed by atoms with E-state index in [9.17, 15) is 14.4 Å². The molecular formula is C29H24N2O6. The minimum atomic E-state index is -1.61. The maximum atomic E-state index is 14.1. The van der Waals surface area contributed by atoms with Crippen molar-refractivity contribution in [2.45, 2.75) is 12.0 Å². The van der Waals surface area contributed by atoms with Gasteiger partial charge in [0.05, 0.1) is 25.2 Å². The lowest BCUT2D eigenvalue weighted by Gasteiger charge is -2.34. The molecule has 6 rings (SSSR count). The highest BCUT2D eigenvalue weighted by Gasteiger charge is 2.64. The van der Waals surface area contributed by atoms with Gasteiger partial charge in [-0.15, -0.1) is 0 Å². The predicted molar refractivity (Wildman–Crippen MR) is 137 cm³/mol. The lowest BCUT2D eigenvalue weighted by atomic mass is 9.84. The average Bonchev–Trinajstić information content (AvgIpc) is 3.31. The lowest BCUT2D eigenvalue weighted by molar-refractivity contribution is -0.125. The number of para-hydroxylation sites is 2. The minimum absolute atomic E-state index is 0.0744. The third-order valence-electron chi connectivity index (χ3n) is 7.35. The van der Waals surface area contributed by atoms with E-state index in [1.807, 2.05) is 30.3 Å². The standard InChI is InChI=1S/C29H24N2O6/c1-30-20-10-6-5-9-19(20)29(28(30)34)24-25(32)18-8-4-7-11-21(18)37-26(24)27(33)31(29)15-14-17-12-13-22(35-2)23(16-17)36-3/h4-13,16H,14-15H2,1-3H3/t29-/m0/s1. The Bertz CT molecular complexity index is 1660. The van der Waals surface area contributed by atoms with E-state index in [1.165, 1.54) is 9.80 Å². The minimum Gasteiger partial charge on any atom is -0.493 e. The van der Waals surface area contributed by atoms with Crippen molar-refractivity contribution < 1.29 is 23.5 Å². The molecule has 1 spiro atoms. The second-order valence-corrected chi connectivity index (χ2v) is 9.12. The van der Waals surface area contributed by atoms with Gasteiger partial charge in [0, 0.05) is 24.8 Å². The second kappa shape index (κ2) is 8.23. The number of hydrogen-bond acceptors (Lipinski definition) is 6. The van der Waals surface area contributed by atoms with Gasteiger partial charge in [-0.1, -0.05) is 36.4 Å². The Balaban J connectivity index is 1.55. The molecule has 0 saturated heterocycles. The van der Waals surface area contributed by atoms with Crippen LogP contribution in [-0.2, 0) is 16.8 Å². The van der Waals surface area contributed by atoms with Crippen molar-refractivity contribution in [1.82, 2.24) is 4.90 Å². The Labute approximate surface area is 212 Å². The predicted octanol–water partition coefficient (Wildman–Crippen LogP) is 3.73. The van der Waals surface area contributed by atoms with Gasteiger partial charge in [-0.2, -0.15) is 0 Å². The van der Waals surface area contributed by atoms with Crippen LogP contribution < -0.4 is 19.8 Å². The van der Waals surface area contributed by atoms with Crippen molar-refractivity contribution >= 4 is 28.5 Å². The van der Waals surface area contributed by atoms with Crippen LogP contribution in [0.4, 0.5) is 5.69 Å². The van der Waals surface area contributed by atoms with Gasteiger partial charge < -0.3 is 23.7 Å². The summed E-state index contributed by atoms with van der Waals surface area (Å²) >= 11 is 0. The molecule has 0 fully saturated rings. The van der Waals surface area contributed by atoms with E-state index in [1.54, 1.807) is 57.7 Å². The molecule has 0 N–H and O–H groups in total. The fourth-order valence-electron chi connectivity index (χ4n) is 5.62. The first-order chi connectivity index (χ1) is 17.9. The van der Waals surface area contributed by atoms with Crippen LogP contribution in [-0.4, -0.2) is 44.5 Å². The zero-order valence-electron chi connectivity index (χ0n) is 20.6. The number of rotatable bonds is 5. The number of ether oxygens (including phenoxy) is 2. The molecule has 2 amide bonds. The largest absolute Gasteiger partial charge is 0.493 e. The molecule has 0 aliphatic carbocycles. The van der Waals surface area contributed by atoms with Crippen LogP contribution in [0.1, 0.15) is 27.2 Å². The molecule has 1 atom stereocenters. The highest BCUT2D eigenvalue weighted by Crippen LogP contribution is 2.52. The molecule has 4 aromatic rings. The average molecular weight is 497 g/mol. The molecule has 3 aromatic carbocycles. The van der Waals surface area contributed by atoms with E-state index in [-0.39, 0.29) is 29.2 Å². The number of carbonyl (C=O) groups is 2. The Morgan fingerprint density at radius 2 is 1.62 bits per heavy atom. The number of benzene rings is 3. The van der Waals surface area contributed by atoms with Gasteiger partial charge in [0.2, 0.25) is 5.76 Å². The van der Waals surface area contributed by atoms with Gasteiger partial charge >= 0.3 is 0 Å². The number of likely N-dealkylation sites (N-methyl/N-ethyl adjacent to an activating group) is 1. The third kappa shape index (κ3) is 2.98. The molecule has 2 aliphatic rings. The van der Waals surface area contributed by atoms with Crippen molar-refractivity contribution in [3.05, 3.63) is 99.4 Å². The molecule has 2 aliphatic heterocycles. The molecular weight excluding hydrogens is 472 g/mol. The summed E-state index contributed by atoms with van der Waals surface area (Å²) in [4.78, 5) is 45.0. The SMILES string of the molecule is COc1ccc(CCN2C(=O)c3oc4ccccc4c(=O)c3[C@@]23C(=O)N(C)c2ccccc23)cc1OC. The summed E-state index contributed by atoms with van der Waals surface area (Å²) in [5, 5.41) is 0.329. The zero-order valence-corrected chi connectivity index (χ0v) is 20.6. The van der Waals surface area contributed by atoms with Crippen LogP contribution in [0.5, 0.6) is 11.5 Å². The van der Waals surface area contributed by atoms with Gasteiger partial charge in [-0.3, -0.25) is 14.4 Å². The smallest absolute Gasteiger partial charge is 0.291 e. The highest BCUT2D eigenvalue weighted by molar-refractivity contribution is 6.16. The van der Waals surface area contributed by atoms with Crippen molar-refractivity contribution in [2.24, 2.45) is 0 Å². The second-order valence-electron chi connectivity index (χ2n) is 9.12. The fraction of sp³-hybridized carbons (Fsp3) is 0.207.